The molecule has 3 aromatic rings. The molecule has 0 atom stereocenters. The van der Waals surface area contributed by atoms with Crippen LogP contribution in [0.1, 0.15) is 13.8 Å². The lowest BCUT2D eigenvalue weighted by atomic mass is 10.5. The monoisotopic (exact) mass is 478 g/mol. The van der Waals surface area contributed by atoms with E-state index in [0.29, 0.717) is 29.3 Å². The van der Waals surface area contributed by atoms with Crippen molar-refractivity contribution in [3.8, 4) is 0 Å². The minimum absolute atomic E-state index is 0.0694. The van der Waals surface area contributed by atoms with E-state index in [4.69, 9.17) is 38.4 Å². The lowest BCUT2D eigenvalue weighted by Crippen LogP contribution is -2.18. The highest BCUT2D eigenvalue weighted by Crippen LogP contribution is 2.04. The van der Waals surface area contributed by atoms with E-state index in [1.807, 2.05) is 19.9 Å². The first-order chi connectivity index (χ1) is 13.0. The highest BCUT2D eigenvalue weighted by molar-refractivity contribution is 9.09. The first-order valence-corrected chi connectivity index (χ1v) is 9.87. The second-order valence-electron chi connectivity index (χ2n) is 4.66. The molecule has 2 N–H and O–H groups in total. The second kappa shape index (κ2) is 13.6. The van der Waals surface area contributed by atoms with Gasteiger partial charge in [0.2, 0.25) is 0 Å². The fourth-order valence-electron chi connectivity index (χ4n) is 1.63. The van der Waals surface area contributed by atoms with Gasteiger partial charge in [-0.25, -0.2) is 9.50 Å². The molecule has 148 valence electrons. The Morgan fingerprint density at radius 3 is 2.26 bits per heavy atom. The fraction of sp³-hybridized carbons (Fsp3) is 0.375. The molecule has 0 fully saturated rings. The topological polar surface area (TPSA) is 100 Å². The summed E-state index contributed by atoms with van der Waals surface area (Å²) in [6.07, 6.45) is 3.36. The number of ether oxygens (including phenoxy) is 2. The zero-order valence-corrected chi connectivity index (χ0v) is 18.0. The molecule has 0 spiro atoms. The zero-order chi connectivity index (χ0) is 20.1. The van der Waals surface area contributed by atoms with Gasteiger partial charge in [-0.15, -0.1) is 10.2 Å². The number of nitrogen functional groups attached to an aromatic ring is 1. The van der Waals surface area contributed by atoms with Gasteiger partial charge in [0.15, 0.2) is 17.1 Å². The lowest BCUT2D eigenvalue weighted by Gasteiger charge is -2.12. The molecule has 3 heterocycles. The first kappa shape index (κ1) is 23.5. The van der Waals surface area contributed by atoms with Gasteiger partial charge in [0.1, 0.15) is 11.0 Å². The molecule has 3 aromatic heterocycles. The van der Waals surface area contributed by atoms with Crippen molar-refractivity contribution in [3.05, 3.63) is 47.0 Å². The Hall–Kier alpha value is -1.52. The van der Waals surface area contributed by atoms with Crippen molar-refractivity contribution in [1.82, 2.24) is 24.8 Å². The van der Waals surface area contributed by atoms with Crippen LogP contribution in [0.25, 0.3) is 5.65 Å². The number of rotatable bonds is 5. The Morgan fingerprint density at radius 1 is 1.07 bits per heavy atom. The third-order valence-corrected chi connectivity index (χ3v) is 3.64. The summed E-state index contributed by atoms with van der Waals surface area (Å²) in [5, 5.41) is 12.5. The maximum atomic E-state index is 5.62. The van der Waals surface area contributed by atoms with Gasteiger partial charge in [-0.2, -0.15) is 5.10 Å². The third kappa shape index (κ3) is 9.83. The number of anilines is 1. The second-order valence-corrected chi connectivity index (χ2v) is 6.08. The number of alkyl halides is 1. The zero-order valence-electron chi connectivity index (χ0n) is 14.9. The highest BCUT2D eigenvalue weighted by atomic mass is 79.9. The molecule has 0 saturated carbocycles. The molecular formula is C16H21BrCl2N6O2. The van der Waals surface area contributed by atoms with Crippen LogP contribution in [0.5, 0.6) is 0 Å². The Balaban J connectivity index is 0.000000204. The largest absolute Gasteiger partial charge is 0.382 e. The molecule has 0 bridgehead atoms. The van der Waals surface area contributed by atoms with Gasteiger partial charge in [0.25, 0.3) is 0 Å². The van der Waals surface area contributed by atoms with E-state index in [2.05, 4.69) is 36.2 Å². The van der Waals surface area contributed by atoms with Crippen LogP contribution in [0.2, 0.25) is 10.3 Å². The molecule has 3 rings (SSSR count). The van der Waals surface area contributed by atoms with Crippen molar-refractivity contribution in [2.24, 2.45) is 0 Å². The summed E-state index contributed by atoms with van der Waals surface area (Å²) in [6, 6.07) is 6.71. The van der Waals surface area contributed by atoms with Crippen LogP contribution >= 0.6 is 39.1 Å². The number of nitrogens with zero attached hydrogens (tertiary/aromatic N) is 5. The summed E-state index contributed by atoms with van der Waals surface area (Å²) in [6.45, 7) is 5.32. The fourth-order valence-corrected chi connectivity index (χ4v) is 2.25. The van der Waals surface area contributed by atoms with Crippen LogP contribution < -0.4 is 5.73 Å². The van der Waals surface area contributed by atoms with Gasteiger partial charge in [0.05, 0.1) is 5.33 Å². The standard InChI is InChI=1S/C6H13BrO2.C6H4ClN3.C4H4ClN3/c1-3-8-6(5-7)9-4-2;7-5-1-2-6-8-3-4-10(6)9-5;5-3-1-2-4(6)8-7-3/h6H,3-5H2,1-2H3;1-4H;1-2H,(H2,6,8). The van der Waals surface area contributed by atoms with Crippen molar-refractivity contribution in [2.45, 2.75) is 20.1 Å². The third-order valence-electron chi connectivity index (χ3n) is 2.71. The van der Waals surface area contributed by atoms with Crippen molar-refractivity contribution in [3.63, 3.8) is 0 Å². The number of hydrogen-bond donors (Lipinski definition) is 1. The van der Waals surface area contributed by atoms with Crippen LogP contribution in [0.15, 0.2) is 36.7 Å². The van der Waals surface area contributed by atoms with Crippen LogP contribution in [0.3, 0.4) is 0 Å². The smallest absolute Gasteiger partial charge is 0.167 e. The lowest BCUT2D eigenvalue weighted by molar-refractivity contribution is -0.119. The Morgan fingerprint density at radius 2 is 1.74 bits per heavy atom. The van der Waals surface area contributed by atoms with E-state index < -0.39 is 0 Å². The van der Waals surface area contributed by atoms with E-state index in [-0.39, 0.29) is 6.29 Å². The van der Waals surface area contributed by atoms with Crippen LogP contribution in [-0.2, 0) is 9.47 Å². The van der Waals surface area contributed by atoms with Crippen LogP contribution in [0.4, 0.5) is 5.82 Å². The summed E-state index contributed by atoms with van der Waals surface area (Å²) in [5.41, 5.74) is 6.00. The van der Waals surface area contributed by atoms with Gasteiger partial charge >= 0.3 is 0 Å². The molecule has 0 radical (unpaired) electrons. The summed E-state index contributed by atoms with van der Waals surface area (Å²) in [7, 11) is 0. The molecule has 0 unspecified atom stereocenters. The average molecular weight is 480 g/mol. The van der Waals surface area contributed by atoms with Crippen molar-refractivity contribution in [2.75, 3.05) is 24.3 Å². The van der Waals surface area contributed by atoms with Gasteiger partial charge in [-0.3, -0.25) is 0 Å². The molecule has 11 heteroatoms. The molecule has 8 nitrogen and oxygen atoms in total. The van der Waals surface area contributed by atoms with Crippen molar-refractivity contribution < 1.29 is 9.47 Å². The molecule has 0 aliphatic rings. The molecule has 0 aliphatic carbocycles. The van der Waals surface area contributed by atoms with E-state index in [9.17, 15) is 0 Å². The SMILES string of the molecule is CCOC(CBr)OCC.Clc1ccc2nccn2n1.Nc1ccc(Cl)nn1. The minimum atomic E-state index is -0.0694. The Bertz CT molecular complexity index is 748. The van der Waals surface area contributed by atoms with Crippen molar-refractivity contribution in [1.29, 1.82) is 0 Å². The maximum absolute atomic E-state index is 5.62. The summed E-state index contributed by atoms with van der Waals surface area (Å²) >= 11 is 14.3. The molecule has 0 saturated heterocycles. The van der Waals surface area contributed by atoms with E-state index in [1.54, 1.807) is 35.1 Å². The van der Waals surface area contributed by atoms with Crippen molar-refractivity contribution >= 4 is 50.6 Å². The number of aromatic nitrogens is 5. The van der Waals surface area contributed by atoms with Crippen LogP contribution in [0, 0.1) is 0 Å². The predicted molar refractivity (Wildman–Crippen MR) is 110 cm³/mol. The molecule has 0 aromatic carbocycles. The van der Waals surface area contributed by atoms with Gasteiger partial charge < -0.3 is 15.2 Å². The Kier molecular flexibility index (Phi) is 11.9. The Labute approximate surface area is 176 Å². The van der Waals surface area contributed by atoms with Gasteiger partial charge in [-0.1, -0.05) is 39.1 Å². The van der Waals surface area contributed by atoms with Crippen LogP contribution in [-0.4, -0.2) is 49.6 Å². The highest BCUT2D eigenvalue weighted by Gasteiger charge is 2.02. The number of imidazole rings is 1. The number of fused-ring (bicyclic) bond motifs is 1. The minimum Gasteiger partial charge on any atom is -0.382 e. The van der Waals surface area contributed by atoms with Gasteiger partial charge in [-0.05, 0) is 38.1 Å². The number of hydrogen-bond acceptors (Lipinski definition) is 7. The maximum Gasteiger partial charge on any atom is 0.167 e. The molecule has 27 heavy (non-hydrogen) atoms. The van der Waals surface area contributed by atoms with Gasteiger partial charge in [0, 0.05) is 25.6 Å². The normalized spacial score (nSPS) is 10.1. The van der Waals surface area contributed by atoms with E-state index in [1.165, 1.54) is 0 Å². The van der Waals surface area contributed by atoms with E-state index >= 15 is 0 Å². The average Bonchev–Trinajstić information content (AvgIpc) is 3.12. The molecule has 0 amide bonds. The number of halogens is 3. The molecule has 0 aliphatic heterocycles. The molecular weight excluding hydrogens is 459 g/mol. The number of nitrogens with two attached hydrogens (primary N) is 1. The summed E-state index contributed by atoms with van der Waals surface area (Å²) < 4.78 is 12.0. The van der Waals surface area contributed by atoms with E-state index in [0.717, 1.165) is 11.0 Å². The summed E-state index contributed by atoms with van der Waals surface area (Å²) in [4.78, 5) is 4.00. The first-order valence-electron chi connectivity index (χ1n) is 7.99. The quantitative estimate of drug-likeness (QED) is 0.437. The summed E-state index contributed by atoms with van der Waals surface area (Å²) in [5.74, 6) is 0.384. The predicted octanol–water partition coefficient (Wildman–Crippen LogP) is 3.88.